The van der Waals surface area contributed by atoms with Crippen LogP contribution in [0.4, 0.5) is 5.69 Å². The summed E-state index contributed by atoms with van der Waals surface area (Å²) in [7, 11) is 0. The molecule has 0 aliphatic rings. The van der Waals surface area contributed by atoms with Crippen molar-refractivity contribution in [3.8, 4) is 11.4 Å². The Morgan fingerprint density at radius 1 is 1.38 bits per heavy atom. The van der Waals surface area contributed by atoms with Gasteiger partial charge in [-0.3, -0.25) is 5.10 Å². The lowest BCUT2D eigenvalue weighted by atomic mass is 10.2. The minimum atomic E-state index is 0.325. The summed E-state index contributed by atoms with van der Waals surface area (Å²) in [5.41, 5.74) is 7.06. The van der Waals surface area contributed by atoms with Crippen LogP contribution in [0.2, 0.25) is 5.02 Å². The van der Waals surface area contributed by atoms with Gasteiger partial charge in [0.05, 0.1) is 10.7 Å². The second-order valence-electron chi connectivity index (χ2n) is 3.94. The zero-order valence-corrected chi connectivity index (χ0v) is 9.92. The highest BCUT2D eigenvalue weighted by Gasteiger charge is 2.09. The molecule has 0 fully saturated rings. The van der Waals surface area contributed by atoms with Gasteiger partial charge in [-0.25, -0.2) is 4.98 Å². The summed E-state index contributed by atoms with van der Waals surface area (Å²) in [5, 5.41) is 7.57. The molecule has 3 N–H and O–H groups in total. The number of H-pyrrole nitrogens is 1. The van der Waals surface area contributed by atoms with Crippen molar-refractivity contribution in [2.75, 3.05) is 5.73 Å². The Balaban J connectivity index is 2.39. The maximum absolute atomic E-state index is 5.94. The van der Waals surface area contributed by atoms with Crippen LogP contribution in [0.25, 0.3) is 11.4 Å². The summed E-state index contributed by atoms with van der Waals surface area (Å²) in [6.45, 7) is 4.11. The third kappa shape index (κ3) is 2.02. The molecule has 4 nitrogen and oxygen atoms in total. The zero-order chi connectivity index (χ0) is 11.7. The fourth-order valence-corrected chi connectivity index (χ4v) is 1.51. The van der Waals surface area contributed by atoms with Crippen LogP contribution < -0.4 is 5.73 Å². The van der Waals surface area contributed by atoms with E-state index in [1.165, 1.54) is 0 Å². The Labute approximate surface area is 98.8 Å². The highest BCUT2D eigenvalue weighted by Crippen LogP contribution is 2.25. The molecule has 2 rings (SSSR count). The predicted molar refractivity (Wildman–Crippen MR) is 65.3 cm³/mol. The second kappa shape index (κ2) is 4.14. The number of rotatable bonds is 2. The Hall–Kier alpha value is -1.55. The van der Waals surface area contributed by atoms with Gasteiger partial charge in [-0.15, -0.1) is 0 Å². The number of anilines is 1. The van der Waals surface area contributed by atoms with Crippen LogP contribution in [0, 0.1) is 0 Å². The van der Waals surface area contributed by atoms with Gasteiger partial charge < -0.3 is 5.73 Å². The topological polar surface area (TPSA) is 67.6 Å². The quantitative estimate of drug-likeness (QED) is 0.788. The normalized spacial score (nSPS) is 11.0. The number of aromatic nitrogens is 3. The Morgan fingerprint density at radius 3 is 2.69 bits per heavy atom. The van der Waals surface area contributed by atoms with E-state index in [1.807, 2.05) is 6.07 Å². The van der Waals surface area contributed by atoms with Gasteiger partial charge in [0.1, 0.15) is 5.82 Å². The first-order valence-corrected chi connectivity index (χ1v) is 5.43. The standard InChI is InChI=1S/C11H13ClN4/c1-6(2)10-14-11(16-15-10)7-3-4-9(13)8(12)5-7/h3-6H,13H2,1-2H3,(H,14,15,16). The molecule has 0 atom stereocenters. The number of hydrogen-bond acceptors (Lipinski definition) is 3. The third-order valence-corrected chi connectivity index (χ3v) is 2.64. The number of nitrogen functional groups attached to an aromatic ring is 1. The molecule has 0 spiro atoms. The van der Waals surface area contributed by atoms with Crippen LogP contribution in [-0.4, -0.2) is 15.2 Å². The van der Waals surface area contributed by atoms with Crippen LogP contribution in [-0.2, 0) is 0 Å². The van der Waals surface area contributed by atoms with E-state index in [0.29, 0.717) is 22.5 Å². The van der Waals surface area contributed by atoms with Crippen molar-refractivity contribution in [2.24, 2.45) is 0 Å². The third-order valence-electron chi connectivity index (χ3n) is 2.31. The van der Waals surface area contributed by atoms with E-state index in [-0.39, 0.29) is 0 Å². The first-order chi connectivity index (χ1) is 7.58. The zero-order valence-electron chi connectivity index (χ0n) is 9.16. The number of nitrogens with zero attached hydrogens (tertiary/aromatic N) is 2. The monoisotopic (exact) mass is 236 g/mol. The van der Waals surface area contributed by atoms with E-state index in [2.05, 4.69) is 29.0 Å². The van der Waals surface area contributed by atoms with E-state index in [9.17, 15) is 0 Å². The van der Waals surface area contributed by atoms with E-state index >= 15 is 0 Å². The van der Waals surface area contributed by atoms with Crippen LogP contribution in [0.3, 0.4) is 0 Å². The van der Waals surface area contributed by atoms with Crippen molar-refractivity contribution in [1.29, 1.82) is 0 Å². The maximum Gasteiger partial charge on any atom is 0.181 e. The highest BCUT2D eigenvalue weighted by molar-refractivity contribution is 6.33. The van der Waals surface area contributed by atoms with Gasteiger partial charge in [0, 0.05) is 11.5 Å². The first-order valence-electron chi connectivity index (χ1n) is 5.05. The maximum atomic E-state index is 5.94. The number of aromatic amines is 1. The molecular formula is C11H13ClN4. The lowest BCUT2D eigenvalue weighted by Gasteiger charge is -1.99. The van der Waals surface area contributed by atoms with Gasteiger partial charge >= 0.3 is 0 Å². The molecule has 16 heavy (non-hydrogen) atoms. The summed E-state index contributed by atoms with van der Waals surface area (Å²) in [5.74, 6) is 1.83. The summed E-state index contributed by atoms with van der Waals surface area (Å²) >= 11 is 5.94. The molecule has 1 aromatic carbocycles. The molecule has 0 saturated carbocycles. The highest BCUT2D eigenvalue weighted by atomic mass is 35.5. The molecular weight excluding hydrogens is 224 g/mol. The molecule has 0 radical (unpaired) electrons. The largest absolute Gasteiger partial charge is 0.398 e. The van der Waals surface area contributed by atoms with Crippen LogP contribution in [0.15, 0.2) is 18.2 Å². The van der Waals surface area contributed by atoms with Crippen LogP contribution >= 0.6 is 11.6 Å². The lowest BCUT2D eigenvalue weighted by Crippen LogP contribution is -1.90. The summed E-state index contributed by atoms with van der Waals surface area (Å²) in [6, 6.07) is 5.38. The van der Waals surface area contributed by atoms with E-state index in [4.69, 9.17) is 17.3 Å². The minimum Gasteiger partial charge on any atom is -0.398 e. The fraction of sp³-hybridized carbons (Fsp3) is 0.273. The van der Waals surface area contributed by atoms with E-state index in [0.717, 1.165) is 11.4 Å². The van der Waals surface area contributed by atoms with Crippen molar-refractivity contribution in [3.63, 3.8) is 0 Å². The van der Waals surface area contributed by atoms with Gasteiger partial charge in [-0.1, -0.05) is 25.4 Å². The number of benzene rings is 1. The summed E-state index contributed by atoms with van der Waals surface area (Å²) in [4.78, 5) is 4.38. The molecule has 2 aromatic rings. The van der Waals surface area contributed by atoms with Gasteiger partial charge in [0.2, 0.25) is 0 Å². The lowest BCUT2D eigenvalue weighted by molar-refractivity contribution is 0.781. The van der Waals surface area contributed by atoms with Crippen molar-refractivity contribution >= 4 is 17.3 Å². The Kier molecular flexibility index (Phi) is 2.83. The van der Waals surface area contributed by atoms with Crippen LogP contribution in [0.5, 0.6) is 0 Å². The van der Waals surface area contributed by atoms with Crippen molar-refractivity contribution in [3.05, 3.63) is 29.0 Å². The molecule has 1 aromatic heterocycles. The SMILES string of the molecule is CC(C)c1nc(-c2ccc(N)c(Cl)c2)n[nH]1. The van der Waals surface area contributed by atoms with Gasteiger partial charge in [0.15, 0.2) is 5.82 Å². The Morgan fingerprint density at radius 2 is 2.12 bits per heavy atom. The molecule has 0 aliphatic carbocycles. The predicted octanol–water partition coefficient (Wildman–Crippen LogP) is 2.83. The molecule has 0 unspecified atom stereocenters. The van der Waals surface area contributed by atoms with Crippen molar-refractivity contribution in [1.82, 2.24) is 15.2 Å². The van der Waals surface area contributed by atoms with Crippen LogP contribution in [0.1, 0.15) is 25.6 Å². The first kappa shape index (κ1) is 11.0. The minimum absolute atomic E-state index is 0.325. The van der Waals surface area contributed by atoms with E-state index in [1.54, 1.807) is 12.1 Å². The number of nitrogens with two attached hydrogens (primary N) is 1. The second-order valence-corrected chi connectivity index (χ2v) is 4.34. The van der Waals surface area contributed by atoms with E-state index < -0.39 is 0 Å². The Bertz CT molecular complexity index is 504. The average molecular weight is 237 g/mol. The molecule has 0 saturated heterocycles. The summed E-state index contributed by atoms with van der Waals surface area (Å²) in [6.07, 6.45) is 0. The van der Waals surface area contributed by atoms with Crippen molar-refractivity contribution < 1.29 is 0 Å². The number of hydrogen-bond donors (Lipinski definition) is 2. The molecule has 84 valence electrons. The molecule has 0 amide bonds. The summed E-state index contributed by atoms with van der Waals surface area (Å²) < 4.78 is 0. The molecule has 0 aliphatic heterocycles. The number of nitrogens with one attached hydrogen (secondary N) is 1. The molecule has 0 bridgehead atoms. The molecule has 5 heteroatoms. The number of halogens is 1. The van der Waals surface area contributed by atoms with Gasteiger partial charge in [-0.2, -0.15) is 5.10 Å². The van der Waals surface area contributed by atoms with Gasteiger partial charge in [-0.05, 0) is 18.2 Å². The van der Waals surface area contributed by atoms with Crippen molar-refractivity contribution in [2.45, 2.75) is 19.8 Å². The molecule has 1 heterocycles. The van der Waals surface area contributed by atoms with Gasteiger partial charge in [0.25, 0.3) is 0 Å². The smallest absolute Gasteiger partial charge is 0.181 e. The fourth-order valence-electron chi connectivity index (χ4n) is 1.33. The average Bonchev–Trinajstić information content (AvgIpc) is 2.71.